The first kappa shape index (κ1) is 12.6. The summed E-state index contributed by atoms with van der Waals surface area (Å²) in [4.78, 5) is 21.7. The molecule has 0 spiro atoms. The zero-order chi connectivity index (χ0) is 12.8. The van der Waals surface area contributed by atoms with Crippen molar-refractivity contribution in [3.63, 3.8) is 0 Å². The van der Waals surface area contributed by atoms with Crippen LogP contribution in [0.5, 0.6) is 5.75 Å². The Morgan fingerprint density at radius 2 is 2.06 bits per heavy atom. The highest BCUT2D eigenvalue weighted by atomic mass is 16.5. The number of ether oxygens (including phenoxy) is 1. The number of benzene rings is 1. The molecule has 2 amide bonds. The summed E-state index contributed by atoms with van der Waals surface area (Å²) in [5, 5.41) is 0. The number of amides is 2. The molecule has 4 N–H and O–H groups in total. The summed E-state index contributed by atoms with van der Waals surface area (Å²) < 4.78 is 4.97. The first-order valence-corrected chi connectivity index (χ1v) is 4.79. The standard InChI is InChI=1S/C12H12N2O3/c1-17-9-6-5-8(3-2-4-11(13)15)10(7-9)12(14)16/h5-7H,4H2,1H3,(H2,13,15)(H2,14,16). The molecular formula is C12H12N2O3. The monoisotopic (exact) mass is 232 g/mol. The fourth-order valence-electron chi connectivity index (χ4n) is 1.19. The summed E-state index contributed by atoms with van der Waals surface area (Å²) in [5.74, 6) is 4.62. The van der Waals surface area contributed by atoms with Crippen molar-refractivity contribution in [3.8, 4) is 17.6 Å². The maximum absolute atomic E-state index is 11.2. The van der Waals surface area contributed by atoms with E-state index in [0.717, 1.165) is 0 Å². The van der Waals surface area contributed by atoms with Gasteiger partial charge in [-0.05, 0) is 18.2 Å². The van der Waals surface area contributed by atoms with Gasteiger partial charge in [-0.25, -0.2) is 0 Å². The number of primary amides is 2. The van der Waals surface area contributed by atoms with Gasteiger partial charge in [0.2, 0.25) is 11.8 Å². The fourth-order valence-corrected chi connectivity index (χ4v) is 1.19. The average Bonchev–Trinajstić information content (AvgIpc) is 2.28. The summed E-state index contributed by atoms with van der Waals surface area (Å²) in [7, 11) is 1.48. The Morgan fingerprint density at radius 3 is 2.59 bits per heavy atom. The van der Waals surface area contributed by atoms with Crippen molar-refractivity contribution in [2.45, 2.75) is 6.42 Å². The van der Waals surface area contributed by atoms with Gasteiger partial charge in [-0.3, -0.25) is 9.59 Å². The predicted octanol–water partition coefficient (Wildman–Crippen LogP) is 0.0210. The Labute approximate surface area is 98.7 Å². The van der Waals surface area contributed by atoms with Crippen molar-refractivity contribution in [3.05, 3.63) is 29.3 Å². The molecule has 5 nitrogen and oxygen atoms in total. The first-order chi connectivity index (χ1) is 8.04. The first-order valence-electron chi connectivity index (χ1n) is 4.79. The quantitative estimate of drug-likeness (QED) is 0.719. The summed E-state index contributed by atoms with van der Waals surface area (Å²) >= 11 is 0. The van der Waals surface area contributed by atoms with E-state index in [4.69, 9.17) is 16.2 Å². The van der Waals surface area contributed by atoms with Gasteiger partial charge in [0.05, 0.1) is 19.1 Å². The van der Waals surface area contributed by atoms with Crippen LogP contribution >= 0.6 is 0 Å². The third-order valence-corrected chi connectivity index (χ3v) is 1.98. The molecule has 0 heterocycles. The Kier molecular flexibility index (Phi) is 4.12. The predicted molar refractivity (Wildman–Crippen MR) is 62.2 cm³/mol. The summed E-state index contributed by atoms with van der Waals surface area (Å²) in [6.45, 7) is 0. The number of rotatable bonds is 3. The van der Waals surface area contributed by atoms with E-state index in [1.54, 1.807) is 12.1 Å². The molecule has 0 aliphatic heterocycles. The summed E-state index contributed by atoms with van der Waals surface area (Å²) in [6, 6.07) is 4.75. The highest BCUT2D eigenvalue weighted by Crippen LogP contribution is 2.16. The second-order valence-corrected chi connectivity index (χ2v) is 3.22. The van der Waals surface area contributed by atoms with Crippen LogP contribution in [0.15, 0.2) is 18.2 Å². The maximum atomic E-state index is 11.2. The van der Waals surface area contributed by atoms with E-state index in [-0.39, 0.29) is 12.0 Å². The molecule has 0 saturated heterocycles. The minimum Gasteiger partial charge on any atom is -0.497 e. The van der Waals surface area contributed by atoms with Crippen LogP contribution in [0.3, 0.4) is 0 Å². The molecule has 0 radical (unpaired) electrons. The minimum absolute atomic E-state index is 0.0652. The molecule has 1 aromatic rings. The number of nitrogens with two attached hydrogens (primary N) is 2. The Morgan fingerprint density at radius 1 is 1.35 bits per heavy atom. The number of carbonyl (C=O) groups excluding carboxylic acids is 2. The third kappa shape index (κ3) is 3.54. The van der Waals surface area contributed by atoms with Crippen LogP contribution in [0.25, 0.3) is 0 Å². The Balaban J connectivity index is 3.09. The SMILES string of the molecule is COc1ccc(C#CCC(N)=O)c(C(N)=O)c1. The van der Waals surface area contributed by atoms with Crippen LogP contribution in [0.2, 0.25) is 0 Å². The highest BCUT2D eigenvalue weighted by molar-refractivity contribution is 5.96. The number of carbonyl (C=O) groups is 2. The van der Waals surface area contributed by atoms with Crippen LogP contribution in [-0.4, -0.2) is 18.9 Å². The van der Waals surface area contributed by atoms with Crippen LogP contribution in [0, 0.1) is 11.8 Å². The summed E-state index contributed by atoms with van der Waals surface area (Å²) in [5.41, 5.74) is 10.9. The van der Waals surface area contributed by atoms with Crippen LogP contribution < -0.4 is 16.2 Å². The molecule has 0 aromatic heterocycles. The molecule has 0 aliphatic carbocycles. The van der Waals surface area contributed by atoms with Gasteiger partial charge in [0.1, 0.15) is 5.75 Å². The molecule has 5 heteroatoms. The van der Waals surface area contributed by atoms with E-state index in [1.165, 1.54) is 13.2 Å². The third-order valence-electron chi connectivity index (χ3n) is 1.98. The second kappa shape index (κ2) is 5.56. The van der Waals surface area contributed by atoms with Crippen LogP contribution in [0.1, 0.15) is 22.3 Å². The van der Waals surface area contributed by atoms with Crippen LogP contribution in [-0.2, 0) is 4.79 Å². The van der Waals surface area contributed by atoms with Crippen molar-refractivity contribution >= 4 is 11.8 Å². The van der Waals surface area contributed by atoms with Crippen LogP contribution in [0.4, 0.5) is 0 Å². The van der Waals surface area contributed by atoms with Crippen molar-refractivity contribution in [1.82, 2.24) is 0 Å². The van der Waals surface area contributed by atoms with Gasteiger partial charge >= 0.3 is 0 Å². The average molecular weight is 232 g/mol. The molecular weight excluding hydrogens is 220 g/mol. The lowest BCUT2D eigenvalue weighted by molar-refractivity contribution is -0.117. The topological polar surface area (TPSA) is 95.4 Å². The molecule has 1 rings (SSSR count). The largest absolute Gasteiger partial charge is 0.497 e. The normalized spacial score (nSPS) is 9.00. The van der Waals surface area contributed by atoms with Crippen molar-refractivity contribution in [1.29, 1.82) is 0 Å². The van der Waals surface area contributed by atoms with Gasteiger partial charge in [0.15, 0.2) is 0 Å². The molecule has 0 atom stereocenters. The van der Waals surface area contributed by atoms with Gasteiger partial charge in [-0.2, -0.15) is 0 Å². The molecule has 0 fully saturated rings. The summed E-state index contributed by atoms with van der Waals surface area (Å²) in [6.07, 6.45) is -0.0652. The van der Waals surface area contributed by atoms with E-state index in [0.29, 0.717) is 11.3 Å². The highest BCUT2D eigenvalue weighted by Gasteiger charge is 2.07. The lowest BCUT2D eigenvalue weighted by Crippen LogP contribution is -2.13. The van der Waals surface area contributed by atoms with Crippen molar-refractivity contribution in [2.24, 2.45) is 11.5 Å². The molecule has 17 heavy (non-hydrogen) atoms. The van der Waals surface area contributed by atoms with E-state index in [2.05, 4.69) is 11.8 Å². The zero-order valence-corrected chi connectivity index (χ0v) is 9.32. The van der Waals surface area contributed by atoms with Gasteiger partial charge < -0.3 is 16.2 Å². The van der Waals surface area contributed by atoms with Gasteiger partial charge in [-0.15, -0.1) is 0 Å². The minimum atomic E-state index is -0.604. The van der Waals surface area contributed by atoms with E-state index < -0.39 is 11.8 Å². The van der Waals surface area contributed by atoms with E-state index >= 15 is 0 Å². The lowest BCUT2D eigenvalue weighted by Gasteiger charge is -2.03. The number of hydrogen-bond donors (Lipinski definition) is 2. The Bertz CT molecular complexity index is 512. The van der Waals surface area contributed by atoms with E-state index in [1.807, 2.05) is 0 Å². The van der Waals surface area contributed by atoms with E-state index in [9.17, 15) is 9.59 Å². The Hall–Kier alpha value is -2.48. The molecule has 88 valence electrons. The number of methoxy groups -OCH3 is 1. The van der Waals surface area contributed by atoms with Gasteiger partial charge in [0.25, 0.3) is 0 Å². The molecule has 0 saturated carbocycles. The van der Waals surface area contributed by atoms with Gasteiger partial charge in [0, 0.05) is 5.56 Å². The second-order valence-electron chi connectivity index (χ2n) is 3.22. The lowest BCUT2D eigenvalue weighted by atomic mass is 10.1. The van der Waals surface area contributed by atoms with Gasteiger partial charge in [-0.1, -0.05) is 11.8 Å². The fraction of sp³-hybridized carbons (Fsp3) is 0.167. The zero-order valence-electron chi connectivity index (χ0n) is 9.32. The smallest absolute Gasteiger partial charge is 0.250 e. The van der Waals surface area contributed by atoms with Crippen molar-refractivity contribution in [2.75, 3.05) is 7.11 Å². The van der Waals surface area contributed by atoms with Crippen molar-refractivity contribution < 1.29 is 14.3 Å². The molecule has 1 aromatic carbocycles. The maximum Gasteiger partial charge on any atom is 0.250 e. The molecule has 0 unspecified atom stereocenters. The number of hydrogen-bond acceptors (Lipinski definition) is 3. The molecule has 0 bridgehead atoms. The molecule has 0 aliphatic rings.